The molecule has 20 heavy (non-hydrogen) atoms. The fourth-order valence-corrected chi connectivity index (χ4v) is 3.14. The topological polar surface area (TPSA) is 32.3 Å². The lowest BCUT2D eigenvalue weighted by Crippen LogP contribution is -2.48. The lowest BCUT2D eigenvalue weighted by atomic mass is 9.75. The number of amides is 1. The normalized spacial score (nSPS) is 22.2. The van der Waals surface area contributed by atoms with Gasteiger partial charge in [-0.1, -0.05) is 26.0 Å². The molecule has 0 bridgehead atoms. The molecule has 1 saturated heterocycles. The molecule has 3 nitrogen and oxygen atoms in total. The molecule has 1 aliphatic rings. The van der Waals surface area contributed by atoms with Gasteiger partial charge in [0.15, 0.2) is 0 Å². The Labute approximate surface area is 122 Å². The standard InChI is InChI=1S/C17H26N2O/c1-5-19(15-8-6-7-14(4)11-15)16(20)17(13(2)3)9-10-18-12-17/h6-8,11,13,18H,5,9-10,12H2,1-4H3. The van der Waals surface area contributed by atoms with Gasteiger partial charge in [-0.15, -0.1) is 0 Å². The zero-order chi connectivity index (χ0) is 14.8. The molecule has 0 radical (unpaired) electrons. The maximum absolute atomic E-state index is 13.1. The summed E-state index contributed by atoms with van der Waals surface area (Å²) in [5, 5.41) is 3.37. The highest BCUT2D eigenvalue weighted by Gasteiger charge is 2.46. The molecule has 110 valence electrons. The molecular formula is C17H26N2O. The van der Waals surface area contributed by atoms with Crippen LogP contribution < -0.4 is 10.2 Å². The maximum atomic E-state index is 13.1. The van der Waals surface area contributed by atoms with E-state index < -0.39 is 0 Å². The molecule has 1 aromatic rings. The van der Waals surface area contributed by atoms with Crippen molar-refractivity contribution in [2.24, 2.45) is 11.3 Å². The van der Waals surface area contributed by atoms with Crippen molar-refractivity contribution in [1.82, 2.24) is 5.32 Å². The number of hydrogen-bond donors (Lipinski definition) is 1. The maximum Gasteiger partial charge on any atom is 0.234 e. The summed E-state index contributed by atoms with van der Waals surface area (Å²) in [6.07, 6.45) is 0.936. The van der Waals surface area contributed by atoms with Gasteiger partial charge in [-0.05, 0) is 50.4 Å². The molecule has 2 rings (SSSR count). The van der Waals surface area contributed by atoms with Crippen LogP contribution in [-0.4, -0.2) is 25.5 Å². The zero-order valence-electron chi connectivity index (χ0n) is 13.1. The first-order valence-corrected chi connectivity index (χ1v) is 7.60. The lowest BCUT2D eigenvalue weighted by molar-refractivity contribution is -0.129. The summed E-state index contributed by atoms with van der Waals surface area (Å²) in [5.74, 6) is 0.620. The van der Waals surface area contributed by atoms with Crippen molar-refractivity contribution in [3.05, 3.63) is 29.8 Å². The Hall–Kier alpha value is -1.35. The van der Waals surface area contributed by atoms with E-state index >= 15 is 0 Å². The van der Waals surface area contributed by atoms with Gasteiger partial charge in [0.25, 0.3) is 0 Å². The molecule has 1 aromatic carbocycles. The Balaban J connectivity index is 2.33. The van der Waals surface area contributed by atoms with Crippen molar-refractivity contribution < 1.29 is 4.79 Å². The van der Waals surface area contributed by atoms with Gasteiger partial charge in [-0.3, -0.25) is 4.79 Å². The van der Waals surface area contributed by atoms with E-state index in [9.17, 15) is 4.79 Å². The molecule has 1 aliphatic heterocycles. The van der Waals surface area contributed by atoms with E-state index in [1.165, 1.54) is 5.56 Å². The Morgan fingerprint density at radius 2 is 2.20 bits per heavy atom. The Kier molecular flexibility index (Phi) is 4.48. The van der Waals surface area contributed by atoms with Crippen LogP contribution in [0.3, 0.4) is 0 Å². The summed E-state index contributed by atoms with van der Waals surface area (Å²) < 4.78 is 0. The molecule has 1 amide bonds. The predicted octanol–water partition coefficient (Wildman–Crippen LogP) is 2.98. The summed E-state index contributed by atoms with van der Waals surface area (Å²) >= 11 is 0. The summed E-state index contributed by atoms with van der Waals surface area (Å²) in [5.41, 5.74) is 1.96. The van der Waals surface area contributed by atoms with Crippen LogP contribution in [0.15, 0.2) is 24.3 Å². The number of carbonyl (C=O) groups is 1. The van der Waals surface area contributed by atoms with Gasteiger partial charge in [0, 0.05) is 18.8 Å². The van der Waals surface area contributed by atoms with E-state index in [4.69, 9.17) is 0 Å². The first kappa shape index (κ1) is 15.0. The molecule has 1 N–H and O–H groups in total. The Morgan fingerprint density at radius 1 is 1.45 bits per heavy atom. The summed E-state index contributed by atoms with van der Waals surface area (Å²) in [6, 6.07) is 8.22. The van der Waals surface area contributed by atoms with Gasteiger partial charge in [0.2, 0.25) is 5.91 Å². The van der Waals surface area contributed by atoms with Gasteiger partial charge in [0.1, 0.15) is 0 Å². The second-order valence-corrected chi connectivity index (χ2v) is 6.13. The van der Waals surface area contributed by atoms with E-state index in [0.29, 0.717) is 5.92 Å². The van der Waals surface area contributed by atoms with Gasteiger partial charge >= 0.3 is 0 Å². The minimum atomic E-state index is -0.250. The molecule has 1 fully saturated rings. The van der Waals surface area contributed by atoms with Crippen molar-refractivity contribution in [2.45, 2.75) is 34.1 Å². The third-order valence-corrected chi connectivity index (χ3v) is 4.59. The van der Waals surface area contributed by atoms with Crippen LogP contribution in [0, 0.1) is 18.3 Å². The number of nitrogens with zero attached hydrogens (tertiary/aromatic N) is 1. The summed E-state index contributed by atoms with van der Waals surface area (Å²) in [7, 11) is 0. The van der Waals surface area contributed by atoms with E-state index in [2.05, 4.69) is 45.1 Å². The molecular weight excluding hydrogens is 248 g/mol. The molecule has 0 aliphatic carbocycles. The number of nitrogens with one attached hydrogen (secondary N) is 1. The number of anilines is 1. The van der Waals surface area contributed by atoms with Crippen molar-refractivity contribution in [1.29, 1.82) is 0 Å². The van der Waals surface area contributed by atoms with Crippen LogP contribution in [0.2, 0.25) is 0 Å². The van der Waals surface area contributed by atoms with E-state index in [1.807, 2.05) is 17.0 Å². The average molecular weight is 274 g/mol. The van der Waals surface area contributed by atoms with Crippen molar-refractivity contribution in [3.63, 3.8) is 0 Å². The molecule has 1 atom stereocenters. The third kappa shape index (κ3) is 2.59. The molecule has 3 heteroatoms. The molecule has 1 heterocycles. The second kappa shape index (κ2) is 5.96. The van der Waals surface area contributed by atoms with Gasteiger partial charge in [0.05, 0.1) is 5.41 Å². The van der Waals surface area contributed by atoms with Crippen LogP contribution in [-0.2, 0) is 4.79 Å². The van der Waals surface area contributed by atoms with Crippen LogP contribution in [0.4, 0.5) is 5.69 Å². The molecule has 0 aromatic heterocycles. The Bertz CT molecular complexity index is 476. The molecule has 0 spiro atoms. The minimum absolute atomic E-state index is 0.250. The highest BCUT2D eigenvalue weighted by atomic mass is 16.2. The number of carbonyl (C=O) groups excluding carboxylic acids is 1. The quantitative estimate of drug-likeness (QED) is 0.915. The molecule has 1 unspecified atom stereocenters. The SMILES string of the molecule is CCN(C(=O)C1(C(C)C)CCNC1)c1cccc(C)c1. The van der Waals surface area contributed by atoms with E-state index in [-0.39, 0.29) is 11.3 Å². The monoisotopic (exact) mass is 274 g/mol. The van der Waals surface area contributed by atoms with Crippen LogP contribution in [0.5, 0.6) is 0 Å². The predicted molar refractivity (Wildman–Crippen MR) is 84.0 cm³/mol. The highest BCUT2D eigenvalue weighted by molar-refractivity contribution is 5.98. The van der Waals surface area contributed by atoms with Gasteiger partial charge in [-0.2, -0.15) is 0 Å². The van der Waals surface area contributed by atoms with E-state index in [0.717, 1.165) is 31.7 Å². The smallest absolute Gasteiger partial charge is 0.234 e. The van der Waals surface area contributed by atoms with Crippen molar-refractivity contribution >= 4 is 11.6 Å². The number of benzene rings is 1. The van der Waals surface area contributed by atoms with Gasteiger partial charge < -0.3 is 10.2 Å². The third-order valence-electron chi connectivity index (χ3n) is 4.59. The summed E-state index contributed by atoms with van der Waals surface area (Å²) in [6.45, 7) is 10.9. The van der Waals surface area contributed by atoms with Crippen LogP contribution in [0.25, 0.3) is 0 Å². The minimum Gasteiger partial charge on any atom is -0.316 e. The van der Waals surface area contributed by atoms with Gasteiger partial charge in [-0.25, -0.2) is 0 Å². The number of aryl methyl sites for hydroxylation is 1. The van der Waals surface area contributed by atoms with E-state index in [1.54, 1.807) is 0 Å². The van der Waals surface area contributed by atoms with Crippen molar-refractivity contribution in [2.75, 3.05) is 24.5 Å². The number of hydrogen-bond acceptors (Lipinski definition) is 2. The second-order valence-electron chi connectivity index (χ2n) is 6.13. The summed E-state index contributed by atoms with van der Waals surface area (Å²) in [4.78, 5) is 15.1. The van der Waals surface area contributed by atoms with Crippen LogP contribution >= 0.6 is 0 Å². The van der Waals surface area contributed by atoms with Crippen molar-refractivity contribution in [3.8, 4) is 0 Å². The molecule has 0 saturated carbocycles. The average Bonchev–Trinajstić information content (AvgIpc) is 2.90. The van der Waals surface area contributed by atoms with Crippen LogP contribution in [0.1, 0.15) is 32.8 Å². The lowest BCUT2D eigenvalue weighted by Gasteiger charge is -2.36. The largest absolute Gasteiger partial charge is 0.316 e. The first-order valence-electron chi connectivity index (χ1n) is 7.60. The fourth-order valence-electron chi connectivity index (χ4n) is 3.14. The number of rotatable bonds is 4. The first-order chi connectivity index (χ1) is 9.51. The fraction of sp³-hybridized carbons (Fsp3) is 0.588. The Morgan fingerprint density at radius 3 is 2.70 bits per heavy atom. The highest BCUT2D eigenvalue weighted by Crippen LogP contribution is 2.37. The zero-order valence-corrected chi connectivity index (χ0v) is 13.1.